The van der Waals surface area contributed by atoms with Gasteiger partial charge in [0.25, 0.3) is 0 Å². The van der Waals surface area contributed by atoms with Crippen LogP contribution in [0.4, 0.5) is 14.9 Å². The highest BCUT2D eigenvalue weighted by Crippen LogP contribution is 2.18. The molecule has 6 nitrogen and oxygen atoms in total. The number of nitrogens with zero attached hydrogens (tertiary/aromatic N) is 1. The lowest BCUT2D eigenvalue weighted by molar-refractivity contribution is -0.133. The van der Waals surface area contributed by atoms with E-state index in [0.717, 1.165) is 38.8 Å². The molecule has 3 rings (SSSR count). The van der Waals surface area contributed by atoms with Gasteiger partial charge in [-0.2, -0.15) is 0 Å². The first kappa shape index (κ1) is 21.4. The van der Waals surface area contributed by atoms with Gasteiger partial charge < -0.3 is 20.9 Å². The van der Waals surface area contributed by atoms with Gasteiger partial charge in [0.15, 0.2) is 0 Å². The summed E-state index contributed by atoms with van der Waals surface area (Å²) in [5.74, 6) is 0.0711. The Morgan fingerprint density at radius 2 is 2.11 bits per heavy atom. The molecule has 2 heterocycles. The number of piperidine rings is 1. The van der Waals surface area contributed by atoms with Crippen LogP contribution in [-0.2, 0) is 4.79 Å². The van der Waals surface area contributed by atoms with Crippen molar-refractivity contribution in [1.82, 2.24) is 15.5 Å². The van der Waals surface area contributed by atoms with E-state index in [4.69, 9.17) is 0 Å². The van der Waals surface area contributed by atoms with Crippen LogP contribution >= 0.6 is 12.4 Å². The van der Waals surface area contributed by atoms with Crippen LogP contribution in [0.1, 0.15) is 32.1 Å². The highest BCUT2D eigenvalue weighted by Gasteiger charge is 2.26. The lowest BCUT2D eigenvalue weighted by Gasteiger charge is -2.33. The molecule has 0 spiro atoms. The molecule has 0 saturated carbocycles. The quantitative estimate of drug-likeness (QED) is 0.714. The van der Waals surface area contributed by atoms with E-state index in [9.17, 15) is 14.0 Å². The first-order valence-corrected chi connectivity index (χ1v) is 9.42. The Hall–Kier alpha value is -1.86. The number of hydrogen-bond acceptors (Lipinski definition) is 3. The van der Waals surface area contributed by atoms with Crippen LogP contribution in [-0.4, -0.2) is 49.1 Å². The molecule has 0 aliphatic carbocycles. The number of hydrogen-bond donors (Lipinski definition) is 3. The zero-order valence-electron chi connectivity index (χ0n) is 15.4. The van der Waals surface area contributed by atoms with Crippen molar-refractivity contribution in [2.24, 2.45) is 5.92 Å². The molecule has 0 radical (unpaired) electrons. The lowest BCUT2D eigenvalue weighted by Crippen LogP contribution is -2.45. The van der Waals surface area contributed by atoms with Crippen LogP contribution in [0.3, 0.4) is 0 Å². The maximum atomic E-state index is 13.1. The fourth-order valence-electron chi connectivity index (χ4n) is 3.71. The zero-order valence-corrected chi connectivity index (χ0v) is 16.2. The molecule has 27 heavy (non-hydrogen) atoms. The van der Waals surface area contributed by atoms with Gasteiger partial charge in [-0.25, -0.2) is 9.18 Å². The van der Waals surface area contributed by atoms with Gasteiger partial charge in [0.2, 0.25) is 5.91 Å². The Morgan fingerprint density at radius 3 is 2.85 bits per heavy atom. The van der Waals surface area contributed by atoms with E-state index < -0.39 is 0 Å². The van der Waals surface area contributed by atoms with Crippen LogP contribution in [0.15, 0.2) is 24.3 Å². The number of carbonyl (C=O) groups is 2. The number of benzene rings is 1. The number of urea groups is 1. The summed E-state index contributed by atoms with van der Waals surface area (Å²) in [6, 6.07) is 5.76. The molecule has 2 saturated heterocycles. The third-order valence-corrected chi connectivity index (χ3v) is 5.09. The summed E-state index contributed by atoms with van der Waals surface area (Å²) in [7, 11) is 0. The van der Waals surface area contributed by atoms with Crippen LogP contribution in [0.5, 0.6) is 0 Å². The van der Waals surface area contributed by atoms with Crippen molar-refractivity contribution in [3.63, 3.8) is 0 Å². The molecule has 0 aromatic heterocycles. The third-order valence-electron chi connectivity index (χ3n) is 5.09. The topological polar surface area (TPSA) is 73.5 Å². The average molecular weight is 399 g/mol. The van der Waals surface area contributed by atoms with Gasteiger partial charge in [0.05, 0.1) is 0 Å². The molecule has 2 aliphatic rings. The van der Waals surface area contributed by atoms with E-state index in [0.29, 0.717) is 31.2 Å². The van der Waals surface area contributed by atoms with Crippen molar-refractivity contribution in [3.05, 3.63) is 30.1 Å². The van der Waals surface area contributed by atoms with Crippen molar-refractivity contribution in [1.29, 1.82) is 0 Å². The number of anilines is 1. The maximum Gasteiger partial charge on any atom is 0.319 e. The van der Waals surface area contributed by atoms with E-state index >= 15 is 0 Å². The summed E-state index contributed by atoms with van der Waals surface area (Å²) in [6.45, 7) is 3.00. The summed E-state index contributed by atoms with van der Waals surface area (Å²) < 4.78 is 13.1. The molecule has 0 bridgehead atoms. The van der Waals surface area contributed by atoms with Crippen LogP contribution in [0, 0.1) is 11.7 Å². The van der Waals surface area contributed by atoms with Crippen molar-refractivity contribution >= 4 is 30.0 Å². The van der Waals surface area contributed by atoms with Crippen LogP contribution in [0.2, 0.25) is 0 Å². The molecule has 2 fully saturated rings. The molecule has 1 aromatic carbocycles. The summed E-state index contributed by atoms with van der Waals surface area (Å²) in [5.41, 5.74) is 0.423. The average Bonchev–Trinajstić information content (AvgIpc) is 3.13. The smallest absolute Gasteiger partial charge is 0.319 e. The second kappa shape index (κ2) is 10.5. The lowest BCUT2D eigenvalue weighted by atomic mass is 9.97. The monoisotopic (exact) mass is 398 g/mol. The zero-order chi connectivity index (χ0) is 18.4. The van der Waals surface area contributed by atoms with Gasteiger partial charge in [-0.1, -0.05) is 6.07 Å². The summed E-state index contributed by atoms with van der Waals surface area (Å²) in [5, 5.41) is 8.82. The predicted molar refractivity (Wildman–Crippen MR) is 106 cm³/mol. The summed E-state index contributed by atoms with van der Waals surface area (Å²) in [6.07, 6.45) is 4.74. The van der Waals surface area contributed by atoms with Gasteiger partial charge >= 0.3 is 6.03 Å². The van der Waals surface area contributed by atoms with Crippen molar-refractivity contribution in [2.75, 3.05) is 31.5 Å². The number of nitrogens with one attached hydrogen (secondary N) is 3. The Kier molecular flexibility index (Phi) is 8.31. The van der Waals surface area contributed by atoms with Gasteiger partial charge in [-0.3, -0.25) is 4.79 Å². The fraction of sp³-hybridized carbons (Fsp3) is 0.579. The Balaban J connectivity index is 0.00000261. The molecule has 3 N–H and O–H groups in total. The number of halogens is 2. The molecule has 2 aliphatic heterocycles. The number of likely N-dealkylation sites (tertiary alicyclic amines) is 1. The second-order valence-corrected chi connectivity index (χ2v) is 7.19. The highest BCUT2D eigenvalue weighted by atomic mass is 35.5. The minimum Gasteiger partial charge on any atom is -0.342 e. The Morgan fingerprint density at radius 1 is 1.26 bits per heavy atom. The SMILES string of the molecule is Cl.O=C(NCC1CCCN(C(=O)CC2CCCN2)C1)Nc1cccc(F)c1. The number of carbonyl (C=O) groups excluding carboxylic acids is 2. The molecule has 8 heteroatoms. The van der Waals surface area contributed by atoms with E-state index in [1.165, 1.54) is 12.1 Å². The minimum atomic E-state index is -0.388. The highest BCUT2D eigenvalue weighted by molar-refractivity contribution is 5.89. The number of amides is 3. The van der Waals surface area contributed by atoms with Gasteiger partial charge in [-0.05, 0) is 56.3 Å². The first-order valence-electron chi connectivity index (χ1n) is 9.42. The second-order valence-electron chi connectivity index (χ2n) is 7.19. The first-order chi connectivity index (χ1) is 12.6. The van der Waals surface area contributed by atoms with Crippen molar-refractivity contribution in [2.45, 2.75) is 38.1 Å². The number of rotatable bonds is 5. The van der Waals surface area contributed by atoms with Crippen LogP contribution < -0.4 is 16.0 Å². The van der Waals surface area contributed by atoms with Crippen LogP contribution in [0.25, 0.3) is 0 Å². The minimum absolute atomic E-state index is 0. The van der Waals surface area contributed by atoms with Crippen molar-refractivity contribution in [3.8, 4) is 0 Å². The van der Waals surface area contributed by atoms with E-state index in [2.05, 4.69) is 16.0 Å². The Bertz CT molecular complexity index is 640. The summed E-state index contributed by atoms with van der Waals surface area (Å²) >= 11 is 0. The molecular weight excluding hydrogens is 371 g/mol. The predicted octanol–water partition coefficient (Wildman–Crippen LogP) is 2.75. The Labute approximate surface area is 165 Å². The molecule has 150 valence electrons. The summed E-state index contributed by atoms with van der Waals surface area (Å²) in [4.78, 5) is 26.4. The van der Waals surface area contributed by atoms with Gasteiger partial charge in [0, 0.05) is 37.8 Å². The maximum absolute atomic E-state index is 13.1. The fourth-order valence-corrected chi connectivity index (χ4v) is 3.71. The van der Waals surface area contributed by atoms with Gasteiger partial charge in [0.1, 0.15) is 5.82 Å². The normalized spacial score (nSPS) is 22.0. The third kappa shape index (κ3) is 6.66. The molecule has 2 atom stereocenters. The standard InChI is InChI=1S/C19H27FN4O2.ClH/c20-15-5-1-6-17(10-15)23-19(26)22-12-14-4-3-9-24(13-14)18(25)11-16-7-2-8-21-16;/h1,5-6,10,14,16,21H,2-4,7-9,11-13H2,(H2,22,23,26);1H. The molecular formula is C19H28ClFN4O2. The largest absolute Gasteiger partial charge is 0.342 e. The molecule has 1 aromatic rings. The van der Waals surface area contributed by atoms with E-state index in [1.807, 2.05) is 4.90 Å². The van der Waals surface area contributed by atoms with Gasteiger partial charge in [-0.15, -0.1) is 12.4 Å². The van der Waals surface area contributed by atoms with E-state index in [1.54, 1.807) is 12.1 Å². The van der Waals surface area contributed by atoms with Crippen molar-refractivity contribution < 1.29 is 14.0 Å². The molecule has 2 unspecified atom stereocenters. The van der Waals surface area contributed by atoms with E-state index in [-0.39, 0.29) is 36.1 Å². The molecule has 3 amide bonds.